The number of hydrogen-bond donors (Lipinski definition) is 0. The second kappa shape index (κ2) is 1.73. The fourth-order valence-corrected chi connectivity index (χ4v) is 3.72. The van der Waals surface area contributed by atoms with Crippen LogP contribution in [0.4, 0.5) is 0 Å². The van der Waals surface area contributed by atoms with Crippen LogP contribution in [0.2, 0.25) is 0 Å². The van der Waals surface area contributed by atoms with Crippen LogP contribution in [0.5, 0.6) is 0 Å². The van der Waals surface area contributed by atoms with Crippen LogP contribution in [-0.2, 0) is 9.47 Å². The number of fused-ring (bicyclic) bond motifs is 4. The smallest absolute Gasteiger partial charge is 0.163 e. The summed E-state index contributed by atoms with van der Waals surface area (Å²) in [4.78, 5) is 0. The minimum Gasteiger partial charge on any atom is -0.344 e. The first-order chi connectivity index (χ1) is 6.17. The van der Waals surface area contributed by atoms with Gasteiger partial charge in [0.05, 0.1) is 12.2 Å². The van der Waals surface area contributed by atoms with Crippen molar-refractivity contribution in [3.8, 4) is 0 Å². The van der Waals surface area contributed by atoms with E-state index in [4.69, 9.17) is 9.47 Å². The zero-order valence-corrected chi connectivity index (χ0v) is 7.94. The minimum absolute atomic E-state index is 0.336. The van der Waals surface area contributed by atoms with Crippen LogP contribution in [0.25, 0.3) is 0 Å². The first-order valence-electron chi connectivity index (χ1n) is 5.21. The maximum atomic E-state index is 5.95. The normalized spacial score (nSPS) is 63.8. The van der Waals surface area contributed by atoms with Gasteiger partial charge in [0.1, 0.15) is 0 Å². The van der Waals surface area contributed by atoms with Gasteiger partial charge in [-0.05, 0) is 31.6 Å². The van der Waals surface area contributed by atoms with E-state index in [1.807, 2.05) is 13.8 Å². The van der Waals surface area contributed by atoms with Crippen LogP contribution in [0.15, 0.2) is 12.2 Å². The molecule has 0 aromatic heterocycles. The maximum Gasteiger partial charge on any atom is 0.163 e. The van der Waals surface area contributed by atoms with Gasteiger partial charge in [-0.25, -0.2) is 0 Å². The van der Waals surface area contributed by atoms with Crippen molar-refractivity contribution in [2.45, 2.75) is 31.8 Å². The number of rotatable bonds is 0. The van der Waals surface area contributed by atoms with Gasteiger partial charge in [0.15, 0.2) is 5.79 Å². The maximum absolute atomic E-state index is 5.95. The van der Waals surface area contributed by atoms with E-state index in [-0.39, 0.29) is 5.79 Å². The Morgan fingerprint density at radius 1 is 0.923 bits per heavy atom. The Bertz CT molecular complexity index is 307. The van der Waals surface area contributed by atoms with Crippen LogP contribution < -0.4 is 0 Å². The Morgan fingerprint density at radius 2 is 1.62 bits per heavy atom. The fourth-order valence-electron chi connectivity index (χ4n) is 3.72. The standard InChI is InChI=1S/C11H14O2/c1-11(2)12-9-6-4-3-5-7(6)8(5)10(9)13-11/h3-10H,1-2H3/t5-,6+,7?,8-,9+,10-/m0/s1. The summed E-state index contributed by atoms with van der Waals surface area (Å²) in [5, 5.41) is 0. The van der Waals surface area contributed by atoms with Gasteiger partial charge in [-0.2, -0.15) is 0 Å². The quantitative estimate of drug-likeness (QED) is 0.524. The Kier molecular flexibility index (Phi) is 0.935. The molecule has 1 unspecified atom stereocenters. The second-order valence-electron chi connectivity index (χ2n) is 5.26. The summed E-state index contributed by atoms with van der Waals surface area (Å²) in [5.74, 6) is 2.84. The van der Waals surface area contributed by atoms with E-state index in [0.717, 1.165) is 17.8 Å². The summed E-state index contributed by atoms with van der Waals surface area (Å²) in [7, 11) is 0. The predicted octanol–water partition coefficient (Wildman–Crippen LogP) is 1.57. The van der Waals surface area contributed by atoms with Crippen molar-refractivity contribution in [1.29, 1.82) is 0 Å². The van der Waals surface area contributed by atoms with Crippen molar-refractivity contribution >= 4 is 0 Å². The molecule has 0 spiro atoms. The highest BCUT2D eigenvalue weighted by molar-refractivity contribution is 5.31. The van der Waals surface area contributed by atoms with Crippen molar-refractivity contribution in [1.82, 2.24) is 0 Å². The molecule has 0 aromatic carbocycles. The summed E-state index contributed by atoms with van der Waals surface area (Å²) in [5.41, 5.74) is 0. The first-order valence-corrected chi connectivity index (χ1v) is 5.21. The first kappa shape index (κ1) is 7.02. The van der Waals surface area contributed by atoms with Gasteiger partial charge in [0, 0.05) is 5.92 Å². The van der Waals surface area contributed by atoms with Gasteiger partial charge in [-0.15, -0.1) is 0 Å². The molecule has 0 aromatic rings. The molecule has 3 fully saturated rings. The molecular weight excluding hydrogens is 164 g/mol. The second-order valence-corrected chi connectivity index (χ2v) is 5.26. The molecule has 70 valence electrons. The SMILES string of the molecule is CC1(C)O[C@@H]2[C@H](O1)[C@@H]1C=C[C@H]3C1[C@@H]23. The van der Waals surface area contributed by atoms with Crippen molar-refractivity contribution in [2.24, 2.45) is 23.7 Å². The monoisotopic (exact) mass is 178 g/mol. The van der Waals surface area contributed by atoms with E-state index in [1.165, 1.54) is 0 Å². The third-order valence-electron chi connectivity index (χ3n) is 4.11. The van der Waals surface area contributed by atoms with Crippen LogP contribution in [0.3, 0.4) is 0 Å². The summed E-state index contributed by atoms with van der Waals surface area (Å²) < 4.78 is 11.9. The molecule has 2 saturated carbocycles. The van der Waals surface area contributed by atoms with E-state index in [2.05, 4.69) is 12.2 Å². The average Bonchev–Trinajstić information content (AvgIpc) is 2.33. The van der Waals surface area contributed by atoms with E-state index < -0.39 is 0 Å². The van der Waals surface area contributed by atoms with Gasteiger partial charge in [-0.1, -0.05) is 12.2 Å². The molecule has 0 bridgehead atoms. The van der Waals surface area contributed by atoms with E-state index >= 15 is 0 Å². The lowest BCUT2D eigenvalue weighted by Crippen LogP contribution is -2.26. The minimum atomic E-state index is -0.336. The molecule has 1 saturated heterocycles. The Balaban J connectivity index is 1.74. The Hall–Kier alpha value is -0.340. The molecule has 0 N–H and O–H groups in total. The zero-order chi connectivity index (χ0) is 8.79. The van der Waals surface area contributed by atoms with Crippen LogP contribution in [-0.4, -0.2) is 18.0 Å². The van der Waals surface area contributed by atoms with E-state index in [9.17, 15) is 0 Å². The average molecular weight is 178 g/mol. The lowest BCUT2D eigenvalue weighted by atomic mass is 10.0. The van der Waals surface area contributed by atoms with Crippen LogP contribution in [0, 0.1) is 23.7 Å². The van der Waals surface area contributed by atoms with Crippen LogP contribution in [0.1, 0.15) is 13.8 Å². The van der Waals surface area contributed by atoms with E-state index in [1.54, 1.807) is 0 Å². The molecule has 2 nitrogen and oxygen atoms in total. The molecule has 2 heteroatoms. The summed E-state index contributed by atoms with van der Waals surface area (Å²) in [6.45, 7) is 4.06. The molecule has 0 amide bonds. The van der Waals surface area contributed by atoms with E-state index in [0.29, 0.717) is 18.1 Å². The van der Waals surface area contributed by atoms with Crippen molar-refractivity contribution in [2.75, 3.05) is 0 Å². The molecule has 6 atom stereocenters. The molecule has 13 heavy (non-hydrogen) atoms. The molecular formula is C11H14O2. The fraction of sp³-hybridized carbons (Fsp3) is 0.818. The summed E-state index contributed by atoms with van der Waals surface area (Å²) in [6.07, 6.45) is 5.48. The molecule has 0 radical (unpaired) electrons. The largest absolute Gasteiger partial charge is 0.344 e. The predicted molar refractivity (Wildman–Crippen MR) is 46.9 cm³/mol. The van der Waals surface area contributed by atoms with Crippen molar-refractivity contribution in [3.63, 3.8) is 0 Å². The van der Waals surface area contributed by atoms with Crippen molar-refractivity contribution < 1.29 is 9.47 Å². The molecule has 1 aliphatic heterocycles. The van der Waals surface area contributed by atoms with Gasteiger partial charge >= 0.3 is 0 Å². The van der Waals surface area contributed by atoms with Crippen LogP contribution >= 0.6 is 0 Å². The Labute approximate surface area is 77.9 Å². The molecule has 4 aliphatic rings. The molecule has 1 heterocycles. The number of allylic oxidation sites excluding steroid dienone is 1. The molecule has 3 aliphatic carbocycles. The van der Waals surface area contributed by atoms with Gasteiger partial charge in [-0.3, -0.25) is 0 Å². The highest BCUT2D eigenvalue weighted by Gasteiger charge is 2.72. The number of hydrogen-bond acceptors (Lipinski definition) is 2. The third-order valence-corrected chi connectivity index (χ3v) is 4.11. The topological polar surface area (TPSA) is 18.5 Å². The lowest BCUT2D eigenvalue weighted by Gasteiger charge is -2.19. The summed E-state index contributed by atoms with van der Waals surface area (Å²) in [6, 6.07) is 0. The third kappa shape index (κ3) is 0.658. The highest BCUT2D eigenvalue weighted by Crippen LogP contribution is 2.68. The van der Waals surface area contributed by atoms with Gasteiger partial charge in [0.25, 0.3) is 0 Å². The Morgan fingerprint density at radius 3 is 2.46 bits per heavy atom. The van der Waals surface area contributed by atoms with Gasteiger partial charge in [0.2, 0.25) is 0 Å². The zero-order valence-electron chi connectivity index (χ0n) is 7.94. The van der Waals surface area contributed by atoms with Crippen molar-refractivity contribution in [3.05, 3.63) is 12.2 Å². The number of ether oxygens (including phenoxy) is 2. The van der Waals surface area contributed by atoms with Gasteiger partial charge < -0.3 is 9.47 Å². The summed E-state index contributed by atoms with van der Waals surface area (Å²) >= 11 is 0. The highest BCUT2D eigenvalue weighted by atomic mass is 16.8. The lowest BCUT2D eigenvalue weighted by molar-refractivity contribution is -0.155. The molecule has 4 rings (SSSR count).